The molecule has 0 aliphatic heterocycles. The number of halogens is 3. The molecule has 2 unspecified atom stereocenters. The maximum atomic E-state index is 14.1. The van der Waals surface area contributed by atoms with Crippen LogP contribution in [0.3, 0.4) is 0 Å². The Bertz CT molecular complexity index is 459. The molecule has 0 saturated heterocycles. The highest BCUT2D eigenvalue weighted by atomic mass is 79.9. The molecule has 1 saturated carbocycles. The van der Waals surface area contributed by atoms with Gasteiger partial charge in [-0.3, -0.25) is 0 Å². The van der Waals surface area contributed by atoms with Crippen LogP contribution >= 0.6 is 15.9 Å². The third-order valence-corrected chi connectivity index (χ3v) is 4.80. The topological polar surface area (TPSA) is 26.0 Å². The fraction of sp³-hybridized carbons (Fsp3) is 0.571. The van der Waals surface area contributed by atoms with Crippen LogP contribution in [0.2, 0.25) is 0 Å². The zero-order valence-corrected chi connectivity index (χ0v) is 12.2. The fourth-order valence-electron chi connectivity index (χ4n) is 3.07. The standard InChI is InChI=1S/C14H18BrF2N/c1-14(2)7-3-4-8(14)13(18)11-10(16)6-5-9(15)12(11)17/h5-6,8,13H,3-4,7,18H2,1-2H3. The Labute approximate surface area is 115 Å². The molecule has 0 amide bonds. The van der Waals surface area contributed by atoms with E-state index in [1.54, 1.807) is 0 Å². The molecule has 100 valence electrons. The largest absolute Gasteiger partial charge is 0.324 e. The summed E-state index contributed by atoms with van der Waals surface area (Å²) >= 11 is 3.09. The molecule has 0 heterocycles. The first-order chi connectivity index (χ1) is 8.34. The fourth-order valence-corrected chi connectivity index (χ4v) is 3.41. The van der Waals surface area contributed by atoms with Gasteiger partial charge in [0.2, 0.25) is 0 Å². The van der Waals surface area contributed by atoms with Crippen molar-refractivity contribution in [1.82, 2.24) is 0 Å². The summed E-state index contributed by atoms with van der Waals surface area (Å²) in [5, 5.41) is 0. The van der Waals surface area contributed by atoms with Crippen LogP contribution in [0.4, 0.5) is 8.78 Å². The summed E-state index contributed by atoms with van der Waals surface area (Å²) in [6, 6.07) is 2.06. The predicted octanol–water partition coefficient (Wildman–Crippen LogP) is 4.55. The molecule has 0 aromatic heterocycles. The van der Waals surface area contributed by atoms with E-state index < -0.39 is 17.7 Å². The van der Waals surface area contributed by atoms with Crippen molar-refractivity contribution in [3.63, 3.8) is 0 Å². The van der Waals surface area contributed by atoms with Gasteiger partial charge in [0.25, 0.3) is 0 Å². The van der Waals surface area contributed by atoms with Crippen LogP contribution in [0.1, 0.15) is 44.7 Å². The minimum atomic E-state index is -0.583. The van der Waals surface area contributed by atoms with Gasteiger partial charge in [0.15, 0.2) is 0 Å². The second kappa shape index (κ2) is 4.89. The zero-order valence-electron chi connectivity index (χ0n) is 10.6. The van der Waals surface area contributed by atoms with Crippen molar-refractivity contribution in [3.05, 3.63) is 33.8 Å². The van der Waals surface area contributed by atoms with Crippen molar-refractivity contribution in [1.29, 1.82) is 0 Å². The molecule has 1 nitrogen and oxygen atoms in total. The quantitative estimate of drug-likeness (QED) is 0.795. The van der Waals surface area contributed by atoms with Crippen LogP contribution < -0.4 is 5.73 Å². The lowest BCUT2D eigenvalue weighted by Gasteiger charge is -2.32. The Morgan fingerprint density at radius 3 is 2.61 bits per heavy atom. The van der Waals surface area contributed by atoms with Crippen molar-refractivity contribution in [2.75, 3.05) is 0 Å². The first-order valence-electron chi connectivity index (χ1n) is 6.23. The lowest BCUT2D eigenvalue weighted by atomic mass is 9.75. The van der Waals surface area contributed by atoms with E-state index in [4.69, 9.17) is 5.73 Å². The second-order valence-corrected chi connectivity index (χ2v) is 6.62. The summed E-state index contributed by atoms with van der Waals surface area (Å²) in [5.74, 6) is -0.994. The number of hydrogen-bond acceptors (Lipinski definition) is 1. The monoisotopic (exact) mass is 317 g/mol. The van der Waals surface area contributed by atoms with Gasteiger partial charge in [0.1, 0.15) is 11.6 Å². The molecular formula is C14H18BrF2N. The van der Waals surface area contributed by atoms with Crippen LogP contribution in [0.5, 0.6) is 0 Å². The van der Waals surface area contributed by atoms with Gasteiger partial charge in [-0.2, -0.15) is 0 Å². The molecule has 2 rings (SSSR count). The van der Waals surface area contributed by atoms with Gasteiger partial charge in [-0.25, -0.2) is 8.78 Å². The Kier molecular flexibility index (Phi) is 3.79. The zero-order chi connectivity index (χ0) is 13.5. The van der Waals surface area contributed by atoms with Crippen LogP contribution in [0.25, 0.3) is 0 Å². The van der Waals surface area contributed by atoms with Gasteiger partial charge in [0.05, 0.1) is 4.47 Å². The van der Waals surface area contributed by atoms with Gasteiger partial charge in [0, 0.05) is 11.6 Å². The summed E-state index contributed by atoms with van der Waals surface area (Å²) in [4.78, 5) is 0. The van der Waals surface area contributed by atoms with Crippen molar-refractivity contribution in [2.24, 2.45) is 17.1 Å². The first-order valence-corrected chi connectivity index (χ1v) is 7.03. The highest BCUT2D eigenvalue weighted by Crippen LogP contribution is 2.48. The second-order valence-electron chi connectivity index (χ2n) is 5.77. The third-order valence-electron chi connectivity index (χ3n) is 4.19. The van der Waals surface area contributed by atoms with Crippen molar-refractivity contribution < 1.29 is 8.78 Å². The number of rotatable bonds is 2. The van der Waals surface area contributed by atoms with Crippen molar-refractivity contribution >= 4 is 15.9 Å². The molecule has 1 aromatic rings. The van der Waals surface area contributed by atoms with E-state index in [0.29, 0.717) is 0 Å². The molecule has 2 atom stereocenters. The Hall–Kier alpha value is -0.480. The highest BCUT2D eigenvalue weighted by molar-refractivity contribution is 9.10. The van der Waals surface area contributed by atoms with Gasteiger partial charge >= 0.3 is 0 Å². The van der Waals surface area contributed by atoms with Crippen molar-refractivity contribution in [3.8, 4) is 0 Å². The lowest BCUT2D eigenvalue weighted by Crippen LogP contribution is -2.31. The van der Waals surface area contributed by atoms with Gasteiger partial charge in [-0.05, 0) is 52.2 Å². The molecule has 0 bridgehead atoms. The summed E-state index contributed by atoms with van der Waals surface area (Å²) in [7, 11) is 0. The average molecular weight is 318 g/mol. The molecule has 18 heavy (non-hydrogen) atoms. The molecule has 0 radical (unpaired) electrons. The number of hydrogen-bond donors (Lipinski definition) is 1. The summed E-state index contributed by atoms with van der Waals surface area (Å²) in [6.07, 6.45) is 3.06. The Morgan fingerprint density at radius 1 is 1.39 bits per heavy atom. The predicted molar refractivity (Wildman–Crippen MR) is 72.1 cm³/mol. The van der Waals surface area contributed by atoms with Crippen molar-refractivity contribution in [2.45, 2.75) is 39.2 Å². The van der Waals surface area contributed by atoms with E-state index in [9.17, 15) is 8.78 Å². The van der Waals surface area contributed by atoms with Crippen LogP contribution in [-0.4, -0.2) is 0 Å². The number of nitrogens with two attached hydrogens (primary N) is 1. The van der Waals surface area contributed by atoms with E-state index in [1.165, 1.54) is 12.1 Å². The molecule has 0 spiro atoms. The lowest BCUT2D eigenvalue weighted by molar-refractivity contribution is 0.216. The van der Waals surface area contributed by atoms with E-state index in [2.05, 4.69) is 29.8 Å². The van der Waals surface area contributed by atoms with Crippen LogP contribution in [0, 0.1) is 23.0 Å². The minimum Gasteiger partial charge on any atom is -0.324 e. The highest BCUT2D eigenvalue weighted by Gasteiger charge is 2.40. The van der Waals surface area contributed by atoms with Gasteiger partial charge < -0.3 is 5.73 Å². The SMILES string of the molecule is CC1(C)CCCC1C(N)c1c(F)ccc(Br)c1F. The molecule has 1 aliphatic carbocycles. The van der Waals surface area contributed by atoms with Gasteiger partial charge in [-0.15, -0.1) is 0 Å². The van der Waals surface area contributed by atoms with Crippen LogP contribution in [0.15, 0.2) is 16.6 Å². The molecule has 1 aromatic carbocycles. The van der Waals surface area contributed by atoms with E-state index in [0.717, 1.165) is 19.3 Å². The normalized spacial score (nSPS) is 24.2. The van der Waals surface area contributed by atoms with E-state index in [-0.39, 0.29) is 21.4 Å². The van der Waals surface area contributed by atoms with Gasteiger partial charge in [-0.1, -0.05) is 20.3 Å². The van der Waals surface area contributed by atoms with E-state index in [1.807, 2.05) is 0 Å². The Morgan fingerprint density at radius 2 is 2.06 bits per heavy atom. The summed E-state index contributed by atoms with van der Waals surface area (Å²) in [6.45, 7) is 4.25. The Balaban J connectivity index is 2.40. The molecule has 1 aliphatic rings. The molecule has 4 heteroatoms. The first kappa shape index (κ1) is 13.9. The summed E-state index contributed by atoms with van der Waals surface area (Å²) in [5.41, 5.74) is 6.21. The van der Waals surface area contributed by atoms with Crippen LogP contribution in [-0.2, 0) is 0 Å². The molecule has 2 N–H and O–H groups in total. The summed E-state index contributed by atoms with van der Waals surface area (Å²) < 4.78 is 28.2. The molecular weight excluding hydrogens is 300 g/mol. The minimum absolute atomic E-state index is 0.0179. The smallest absolute Gasteiger partial charge is 0.145 e. The number of benzene rings is 1. The molecule has 1 fully saturated rings. The third kappa shape index (κ3) is 2.32. The maximum absolute atomic E-state index is 14.1. The average Bonchev–Trinajstić information content (AvgIpc) is 2.64. The maximum Gasteiger partial charge on any atom is 0.145 e. The van der Waals surface area contributed by atoms with E-state index >= 15 is 0 Å².